The van der Waals surface area contributed by atoms with Gasteiger partial charge in [-0.1, -0.05) is 12.8 Å². The molecule has 1 aliphatic rings. The van der Waals surface area contributed by atoms with Crippen LogP contribution in [0.1, 0.15) is 39.0 Å². The molecule has 1 fully saturated rings. The molecule has 1 rings (SSSR count). The lowest BCUT2D eigenvalue weighted by Gasteiger charge is -2.23. The van der Waals surface area contributed by atoms with Crippen LogP contribution in [0.3, 0.4) is 0 Å². The van der Waals surface area contributed by atoms with Gasteiger partial charge in [0, 0.05) is 25.1 Å². The number of hydrogen-bond acceptors (Lipinski definition) is 3. The molecule has 0 aromatic rings. The van der Waals surface area contributed by atoms with Crippen molar-refractivity contribution in [1.29, 1.82) is 0 Å². The van der Waals surface area contributed by atoms with E-state index in [9.17, 15) is 4.79 Å². The summed E-state index contributed by atoms with van der Waals surface area (Å²) in [5.74, 6) is 0.0453. The first kappa shape index (κ1) is 12.5. The van der Waals surface area contributed by atoms with E-state index in [1.54, 1.807) is 7.11 Å². The van der Waals surface area contributed by atoms with Crippen molar-refractivity contribution in [3.8, 4) is 0 Å². The fourth-order valence-corrected chi connectivity index (χ4v) is 2.19. The van der Waals surface area contributed by atoms with Crippen LogP contribution in [0.15, 0.2) is 0 Å². The highest BCUT2D eigenvalue weighted by molar-refractivity contribution is 5.77. The molecule has 0 aromatic heterocycles. The number of amides is 1. The normalized spacial score (nSPS) is 21.3. The third-order valence-corrected chi connectivity index (χ3v) is 2.94. The van der Waals surface area contributed by atoms with Gasteiger partial charge in [0.15, 0.2) is 0 Å². The summed E-state index contributed by atoms with van der Waals surface area (Å²) in [6.45, 7) is 2.47. The fourth-order valence-electron chi connectivity index (χ4n) is 2.19. The van der Waals surface area contributed by atoms with Gasteiger partial charge in [0.25, 0.3) is 0 Å². The minimum atomic E-state index is -0.253. The predicted molar refractivity (Wildman–Crippen MR) is 59.5 cm³/mol. The van der Waals surface area contributed by atoms with Gasteiger partial charge >= 0.3 is 0 Å². The first-order chi connectivity index (χ1) is 7.06. The van der Waals surface area contributed by atoms with Crippen molar-refractivity contribution in [3.63, 3.8) is 0 Å². The lowest BCUT2D eigenvalue weighted by Crippen LogP contribution is -2.44. The summed E-state index contributed by atoms with van der Waals surface area (Å²) < 4.78 is 4.95. The lowest BCUT2D eigenvalue weighted by molar-refractivity contribution is -0.123. The van der Waals surface area contributed by atoms with Gasteiger partial charge in [-0.15, -0.1) is 0 Å². The second kappa shape index (κ2) is 5.47. The van der Waals surface area contributed by atoms with Crippen LogP contribution in [0.2, 0.25) is 0 Å². The van der Waals surface area contributed by atoms with Crippen molar-refractivity contribution in [2.45, 2.75) is 50.6 Å². The maximum absolute atomic E-state index is 11.6. The molecule has 4 heteroatoms. The van der Waals surface area contributed by atoms with Crippen molar-refractivity contribution in [2.75, 3.05) is 13.7 Å². The maximum atomic E-state index is 11.6. The molecule has 0 spiro atoms. The lowest BCUT2D eigenvalue weighted by atomic mass is 9.94. The monoisotopic (exact) mass is 214 g/mol. The fraction of sp³-hybridized carbons (Fsp3) is 0.909. The molecule has 1 unspecified atom stereocenters. The quantitative estimate of drug-likeness (QED) is 0.711. The van der Waals surface area contributed by atoms with Crippen molar-refractivity contribution >= 4 is 5.91 Å². The summed E-state index contributed by atoms with van der Waals surface area (Å²) in [5, 5.41) is 2.89. The van der Waals surface area contributed by atoms with E-state index in [1.165, 1.54) is 0 Å². The molecule has 1 amide bonds. The van der Waals surface area contributed by atoms with Gasteiger partial charge in [0.1, 0.15) is 0 Å². The molecule has 4 nitrogen and oxygen atoms in total. The van der Waals surface area contributed by atoms with Crippen LogP contribution >= 0.6 is 0 Å². The minimum absolute atomic E-state index is 0.0453. The molecule has 1 atom stereocenters. The number of methoxy groups -OCH3 is 1. The van der Waals surface area contributed by atoms with Crippen molar-refractivity contribution in [3.05, 3.63) is 0 Å². The van der Waals surface area contributed by atoms with E-state index in [-0.39, 0.29) is 17.5 Å². The van der Waals surface area contributed by atoms with E-state index in [4.69, 9.17) is 10.5 Å². The smallest absolute Gasteiger partial charge is 0.222 e. The standard InChI is InChI=1S/C11H22N2O2/c1-9(8-15-2)13-10(14)7-11(12)5-3-4-6-11/h9H,3-8,12H2,1-2H3,(H,13,14). The number of carbonyl (C=O) groups excluding carboxylic acids is 1. The summed E-state index contributed by atoms with van der Waals surface area (Å²) >= 11 is 0. The Morgan fingerprint density at radius 3 is 2.67 bits per heavy atom. The molecule has 0 heterocycles. The molecule has 1 saturated carbocycles. The van der Waals surface area contributed by atoms with Crippen LogP contribution in [0.25, 0.3) is 0 Å². The molecule has 15 heavy (non-hydrogen) atoms. The van der Waals surface area contributed by atoms with Crippen LogP contribution < -0.4 is 11.1 Å². The number of nitrogens with one attached hydrogen (secondary N) is 1. The highest BCUT2D eigenvalue weighted by atomic mass is 16.5. The highest BCUT2D eigenvalue weighted by Crippen LogP contribution is 2.29. The van der Waals surface area contributed by atoms with Crippen molar-refractivity contribution < 1.29 is 9.53 Å². The molecule has 0 aliphatic heterocycles. The number of ether oxygens (including phenoxy) is 1. The molecule has 88 valence electrons. The van der Waals surface area contributed by atoms with E-state index >= 15 is 0 Å². The van der Waals surface area contributed by atoms with Gasteiger partial charge in [-0.25, -0.2) is 0 Å². The third-order valence-electron chi connectivity index (χ3n) is 2.94. The van der Waals surface area contributed by atoms with Crippen LogP contribution in [0.5, 0.6) is 0 Å². The molecule has 0 bridgehead atoms. The first-order valence-corrected chi connectivity index (χ1v) is 5.63. The Kier molecular flexibility index (Phi) is 4.54. The Bertz CT molecular complexity index is 213. The van der Waals surface area contributed by atoms with Crippen LogP contribution in [-0.4, -0.2) is 31.2 Å². The summed E-state index contributed by atoms with van der Waals surface area (Å²) in [4.78, 5) is 11.6. The minimum Gasteiger partial charge on any atom is -0.383 e. The second-order valence-electron chi connectivity index (χ2n) is 4.67. The highest BCUT2D eigenvalue weighted by Gasteiger charge is 2.31. The van der Waals surface area contributed by atoms with E-state index in [2.05, 4.69) is 5.32 Å². The van der Waals surface area contributed by atoms with E-state index in [1.807, 2.05) is 6.92 Å². The summed E-state index contributed by atoms with van der Waals surface area (Å²) in [6.07, 6.45) is 4.69. The average molecular weight is 214 g/mol. The average Bonchev–Trinajstić information content (AvgIpc) is 2.51. The van der Waals surface area contributed by atoms with Crippen LogP contribution in [0.4, 0.5) is 0 Å². The van der Waals surface area contributed by atoms with Gasteiger partial charge < -0.3 is 15.8 Å². The maximum Gasteiger partial charge on any atom is 0.222 e. The van der Waals surface area contributed by atoms with Gasteiger partial charge in [-0.3, -0.25) is 4.79 Å². The van der Waals surface area contributed by atoms with E-state index in [0.717, 1.165) is 25.7 Å². The van der Waals surface area contributed by atoms with Crippen molar-refractivity contribution in [2.24, 2.45) is 5.73 Å². The topological polar surface area (TPSA) is 64.3 Å². The third kappa shape index (κ3) is 4.18. The summed E-state index contributed by atoms with van der Waals surface area (Å²) in [6, 6.07) is 0.0625. The molecule has 0 aromatic carbocycles. The summed E-state index contributed by atoms with van der Waals surface area (Å²) in [5.41, 5.74) is 5.86. The first-order valence-electron chi connectivity index (χ1n) is 5.63. The SMILES string of the molecule is COCC(C)NC(=O)CC1(N)CCCC1. The zero-order chi connectivity index (χ0) is 11.3. The number of carbonyl (C=O) groups is 1. The predicted octanol–water partition coefficient (Wildman–Crippen LogP) is 0.799. The molecule has 3 N–H and O–H groups in total. The molecular formula is C11H22N2O2. The Morgan fingerprint density at radius 1 is 1.53 bits per heavy atom. The molecule has 1 aliphatic carbocycles. The van der Waals surface area contributed by atoms with Crippen LogP contribution in [-0.2, 0) is 9.53 Å². The number of hydrogen-bond donors (Lipinski definition) is 2. The zero-order valence-corrected chi connectivity index (χ0v) is 9.71. The van der Waals surface area contributed by atoms with Gasteiger partial charge in [-0.05, 0) is 19.8 Å². The van der Waals surface area contributed by atoms with Crippen LogP contribution in [0, 0.1) is 0 Å². The Morgan fingerprint density at radius 2 is 2.13 bits per heavy atom. The number of rotatable bonds is 5. The second-order valence-corrected chi connectivity index (χ2v) is 4.67. The van der Waals surface area contributed by atoms with E-state index < -0.39 is 0 Å². The molecule has 0 saturated heterocycles. The largest absolute Gasteiger partial charge is 0.383 e. The molecular weight excluding hydrogens is 192 g/mol. The Balaban J connectivity index is 2.28. The Hall–Kier alpha value is -0.610. The molecule has 0 radical (unpaired) electrons. The van der Waals surface area contributed by atoms with Gasteiger partial charge in [0.05, 0.1) is 6.61 Å². The summed E-state index contributed by atoms with van der Waals surface area (Å²) in [7, 11) is 1.63. The Labute approximate surface area is 91.5 Å². The van der Waals surface area contributed by atoms with Gasteiger partial charge in [-0.2, -0.15) is 0 Å². The number of nitrogens with two attached hydrogens (primary N) is 1. The van der Waals surface area contributed by atoms with E-state index in [0.29, 0.717) is 13.0 Å². The van der Waals surface area contributed by atoms with Crippen molar-refractivity contribution in [1.82, 2.24) is 5.32 Å². The zero-order valence-electron chi connectivity index (χ0n) is 9.71. The van der Waals surface area contributed by atoms with Gasteiger partial charge in [0.2, 0.25) is 5.91 Å².